The largest absolute Gasteiger partial charge is 0.462 e. The molecule has 2 unspecified atom stereocenters. The van der Waals surface area contributed by atoms with Crippen molar-refractivity contribution in [3.05, 3.63) is 79.9 Å². The molecule has 110 heavy (non-hydrogen) atoms. The molecule has 2 amide bonds. The number of anilines is 2. The average Bonchev–Trinajstić information content (AvgIpc) is 1.55. The van der Waals surface area contributed by atoms with Crippen molar-refractivity contribution in [2.45, 2.75) is 389 Å². The highest BCUT2D eigenvalue weighted by atomic mass is 32.1. The predicted octanol–water partition coefficient (Wildman–Crippen LogP) is 32.4. The van der Waals surface area contributed by atoms with Crippen LogP contribution in [0.5, 0.6) is 0 Å². The number of ether oxygens (including phenoxy) is 2. The van der Waals surface area contributed by atoms with E-state index in [0.717, 1.165) is 149 Å². The van der Waals surface area contributed by atoms with Crippen molar-refractivity contribution in [3.8, 4) is 10.4 Å². The number of hydrogen-bond donors (Lipinski definition) is 0. The highest BCUT2D eigenvalue weighted by Gasteiger charge is 2.46. The minimum absolute atomic E-state index is 0.00881. The molecule has 9 rings (SSSR count). The molecule has 0 bridgehead atoms. The molecule has 7 aromatic rings. The zero-order valence-corrected chi connectivity index (χ0v) is 73.6. The number of hydrogen-bond acceptors (Lipinski definition) is 10. The first-order valence-electron chi connectivity index (χ1n) is 45.8. The normalized spacial score (nSPS) is 14.3. The Hall–Kier alpha value is -4.88. The first-order valence-corrected chi connectivity index (χ1v) is 49.1. The van der Waals surface area contributed by atoms with Crippen LogP contribution in [0.1, 0.15) is 416 Å². The Morgan fingerprint density at radius 1 is 0.345 bits per heavy atom. The Labute approximate surface area is 683 Å². The van der Waals surface area contributed by atoms with Crippen molar-refractivity contribution < 1.29 is 28.7 Å². The van der Waals surface area contributed by atoms with Crippen molar-refractivity contribution >= 4 is 132 Å². The summed E-state index contributed by atoms with van der Waals surface area (Å²) in [5, 5.41) is 3.64. The summed E-state index contributed by atoms with van der Waals surface area (Å²) >= 11 is 6.50. The van der Waals surface area contributed by atoms with Crippen LogP contribution in [0.4, 0.5) is 11.4 Å². The molecule has 0 radical (unpaired) electrons. The van der Waals surface area contributed by atoms with Gasteiger partial charge in [0.05, 0.1) is 66.0 Å². The van der Waals surface area contributed by atoms with Gasteiger partial charge in [0.2, 0.25) is 0 Å². The minimum atomic E-state index is -0.339. The van der Waals surface area contributed by atoms with Gasteiger partial charge in [0, 0.05) is 53.8 Å². The SMILES string of the molecule is CCCCCCCCCCCCOC(=O)c1c2cc(-c3ccc4c5c(sc4c3)/C(=C3\C(=O)N(CC(CCCCCCCC)CCCCCCCCCC)c4c3sc3cc(C)ccc43)C(=O)N5CC(CCCCCCCC)CCCCCCCCCC)sc2c(C(=O)OCCCCCCCCCCCC)c2cc(C)sc12. The third-order valence-corrected chi connectivity index (χ3v) is 28.7. The van der Waals surface area contributed by atoms with E-state index < -0.39 is 0 Å². The summed E-state index contributed by atoms with van der Waals surface area (Å²) in [5.74, 6) is -0.0307. The molecule has 8 nitrogen and oxygen atoms in total. The van der Waals surface area contributed by atoms with Gasteiger partial charge < -0.3 is 19.3 Å². The summed E-state index contributed by atoms with van der Waals surface area (Å²) in [5.41, 5.74) is 6.39. The molecule has 608 valence electrons. The molecule has 6 heterocycles. The van der Waals surface area contributed by atoms with Crippen LogP contribution in [0, 0.1) is 25.7 Å². The number of unbranched alkanes of at least 4 members (excludes halogenated alkanes) is 42. The van der Waals surface area contributed by atoms with E-state index in [4.69, 9.17) is 9.47 Å². The number of fused-ring (bicyclic) bond motifs is 8. The second-order valence-corrected chi connectivity index (χ2v) is 38.0. The molecule has 4 aromatic heterocycles. The molecule has 0 spiro atoms. The maximum atomic E-state index is 16.5. The number of thiophene rings is 4. The first kappa shape index (κ1) is 89.1. The number of aryl methyl sites for hydroxylation is 2. The summed E-state index contributed by atoms with van der Waals surface area (Å²) in [6, 6.07) is 17.7. The van der Waals surface area contributed by atoms with E-state index >= 15 is 9.59 Å². The average molecular weight is 1580 g/mol. The summed E-state index contributed by atoms with van der Waals surface area (Å²) in [4.78, 5) is 70.9. The lowest BCUT2D eigenvalue weighted by Gasteiger charge is -2.25. The summed E-state index contributed by atoms with van der Waals surface area (Å²) in [6.07, 6.45) is 63.6. The van der Waals surface area contributed by atoms with Crippen LogP contribution in [0.2, 0.25) is 0 Å². The molecule has 0 N–H and O–H groups in total. The Balaban J connectivity index is 1.11. The van der Waals surface area contributed by atoms with Crippen LogP contribution < -0.4 is 9.80 Å². The zero-order valence-electron chi connectivity index (χ0n) is 70.3. The second kappa shape index (κ2) is 49.8. The van der Waals surface area contributed by atoms with E-state index in [1.54, 1.807) is 45.3 Å². The van der Waals surface area contributed by atoms with Gasteiger partial charge in [-0.05, 0) is 99.6 Å². The fourth-order valence-corrected chi connectivity index (χ4v) is 22.5. The van der Waals surface area contributed by atoms with Crippen molar-refractivity contribution in [3.63, 3.8) is 0 Å². The van der Waals surface area contributed by atoms with E-state index in [9.17, 15) is 9.59 Å². The van der Waals surface area contributed by atoms with Gasteiger partial charge in [-0.25, -0.2) is 9.59 Å². The molecular weight excluding hydrogens is 1430 g/mol. The van der Waals surface area contributed by atoms with Crippen molar-refractivity contribution in [2.24, 2.45) is 11.8 Å². The quantitative estimate of drug-likeness (QED) is 0.0214. The molecular formula is C98H146N2O6S4. The van der Waals surface area contributed by atoms with E-state index in [-0.39, 0.29) is 23.8 Å². The van der Waals surface area contributed by atoms with Crippen LogP contribution in [-0.2, 0) is 19.1 Å². The Kier molecular flexibility index (Phi) is 40.3. The van der Waals surface area contributed by atoms with Gasteiger partial charge in [-0.3, -0.25) is 9.59 Å². The highest BCUT2D eigenvalue weighted by molar-refractivity contribution is 7.24. The molecule has 2 aliphatic heterocycles. The molecule has 2 atom stereocenters. The van der Waals surface area contributed by atoms with Crippen LogP contribution >= 0.6 is 45.3 Å². The topological polar surface area (TPSA) is 93.2 Å². The molecule has 0 aliphatic carbocycles. The smallest absolute Gasteiger partial charge is 0.340 e. The van der Waals surface area contributed by atoms with Gasteiger partial charge in [-0.15, -0.1) is 45.3 Å². The van der Waals surface area contributed by atoms with Gasteiger partial charge in [0.1, 0.15) is 0 Å². The van der Waals surface area contributed by atoms with Crippen LogP contribution in [0.15, 0.2) is 48.5 Å². The Bertz CT molecular complexity index is 3840. The molecule has 0 saturated heterocycles. The van der Waals surface area contributed by atoms with Crippen molar-refractivity contribution in [2.75, 3.05) is 36.1 Å². The van der Waals surface area contributed by atoms with Gasteiger partial charge >= 0.3 is 11.9 Å². The second-order valence-electron chi connectivity index (χ2n) is 33.6. The maximum Gasteiger partial charge on any atom is 0.340 e. The van der Waals surface area contributed by atoms with Crippen molar-refractivity contribution in [1.82, 2.24) is 0 Å². The van der Waals surface area contributed by atoms with Gasteiger partial charge in [-0.2, -0.15) is 0 Å². The summed E-state index contributed by atoms with van der Waals surface area (Å²) < 4.78 is 16.4. The summed E-state index contributed by atoms with van der Waals surface area (Å²) in [7, 11) is 0. The maximum absolute atomic E-state index is 16.5. The fourth-order valence-electron chi connectivity index (χ4n) is 17.6. The number of amides is 2. The molecule has 3 aromatic carbocycles. The molecule has 0 saturated carbocycles. The van der Waals surface area contributed by atoms with Gasteiger partial charge in [0.15, 0.2) is 0 Å². The number of nitrogens with zero attached hydrogens (tertiary/aromatic N) is 2. The number of rotatable bonds is 61. The van der Waals surface area contributed by atoms with Crippen molar-refractivity contribution in [1.29, 1.82) is 0 Å². The lowest BCUT2D eigenvalue weighted by Crippen LogP contribution is -2.34. The zero-order chi connectivity index (χ0) is 77.7. The number of carbonyl (C=O) groups excluding carboxylic acids is 4. The van der Waals surface area contributed by atoms with Crippen LogP contribution in [0.25, 0.3) is 61.9 Å². The van der Waals surface area contributed by atoms with E-state index in [1.165, 1.54) is 267 Å². The Morgan fingerprint density at radius 3 is 1.04 bits per heavy atom. The first-order chi connectivity index (χ1) is 54.0. The van der Waals surface area contributed by atoms with E-state index in [1.807, 2.05) is 0 Å². The van der Waals surface area contributed by atoms with Gasteiger partial charge in [0.25, 0.3) is 11.8 Å². The fraction of sp³-hybridized carbons (Fsp3) is 0.673. The molecule has 12 heteroatoms. The van der Waals surface area contributed by atoms with Gasteiger partial charge in [-0.1, -0.05) is 361 Å². The van der Waals surface area contributed by atoms with Crippen LogP contribution in [0.3, 0.4) is 0 Å². The minimum Gasteiger partial charge on any atom is -0.462 e. The number of carbonyl (C=O) groups is 4. The molecule has 0 fully saturated rings. The highest BCUT2D eigenvalue weighted by Crippen LogP contribution is 2.57. The third kappa shape index (κ3) is 26.1. The lowest BCUT2D eigenvalue weighted by atomic mass is 9.93. The molecule has 2 aliphatic rings. The van der Waals surface area contributed by atoms with E-state index in [0.29, 0.717) is 60.4 Å². The number of esters is 2. The number of benzene rings is 3. The van der Waals surface area contributed by atoms with E-state index in [2.05, 4.69) is 114 Å². The summed E-state index contributed by atoms with van der Waals surface area (Å²) in [6.45, 7) is 19.9. The lowest BCUT2D eigenvalue weighted by molar-refractivity contribution is -0.114. The van der Waals surface area contributed by atoms with Crippen LogP contribution in [-0.4, -0.2) is 50.1 Å². The monoisotopic (exact) mass is 1580 g/mol. The third-order valence-electron chi connectivity index (χ3n) is 24.1. The standard InChI is InChI=1S/C98H146N2O6S4/c1-9-15-21-27-33-37-39-43-49-55-65-105-97(103)85-80-68-74(8)107-91(80)86(98(104)106-66-56-50-44-40-38-34-28-22-16-10-2)81-70-82(108-92(81)85)77-62-64-79-84(69-77)110-94-88(96(102)100(90(79)94)72-76(58-52-46-32-26-20-14-6)60-54-48-42-36-30-24-18-12-4)87-93-89(78-63-61-73(7)67-83(78)109-93)99(95(87)101)71-75(57-51-45-31-25-19-13-5)59-53-47-41-35-29-23-17-11-3/h61-64,67-70,75-76H,9-60,65-66,71-72H2,1-8H3/b88-87+. The Morgan fingerprint density at radius 2 is 0.664 bits per heavy atom. The predicted molar refractivity (Wildman–Crippen MR) is 483 cm³/mol.